The van der Waals surface area contributed by atoms with Crippen molar-refractivity contribution in [3.8, 4) is 0 Å². The van der Waals surface area contributed by atoms with Gasteiger partial charge in [-0.2, -0.15) is 0 Å². The third-order valence-electron chi connectivity index (χ3n) is 5.29. The first kappa shape index (κ1) is 21.4. The van der Waals surface area contributed by atoms with Crippen molar-refractivity contribution in [2.24, 2.45) is 17.4 Å². The topological polar surface area (TPSA) is 170 Å². The highest BCUT2D eigenvalue weighted by Gasteiger charge is 2.51. The number of aliphatic carboxylic acids is 1. The second-order valence-electron chi connectivity index (χ2n) is 7.25. The molecule has 1 aliphatic rings. The minimum Gasteiger partial charge on any atom is -0.480 e. The first-order chi connectivity index (χ1) is 12.6. The maximum atomic E-state index is 12.2. The lowest BCUT2D eigenvalue weighted by molar-refractivity contribution is -0.144. The normalized spacial score (nSPS) is 22.4. The number of carbonyl (C=O) groups is 1. The third kappa shape index (κ3) is 4.16. The lowest BCUT2D eigenvalue weighted by atomic mass is 9.78. The molecular weight excluding hydrogens is 355 g/mol. The fraction of sp³-hybridized carbons (Fsp3) is 0.688. The minimum absolute atomic E-state index is 0.0861. The largest absolute Gasteiger partial charge is 0.480 e. The molecule has 10 nitrogen and oxygen atoms in total. The molecule has 150 valence electrons. The zero-order valence-corrected chi connectivity index (χ0v) is 15.4. The van der Waals surface area contributed by atoms with Crippen molar-refractivity contribution in [2.45, 2.75) is 31.1 Å². The number of rotatable bonds is 10. The van der Waals surface area contributed by atoms with Crippen molar-refractivity contribution in [3.05, 3.63) is 20.4 Å². The quantitative estimate of drug-likeness (QED) is 0.216. The number of carboxylic acid groups (broad SMARTS) is 1. The summed E-state index contributed by atoms with van der Waals surface area (Å²) in [5.41, 5.74) is 9.30. The third-order valence-corrected chi connectivity index (χ3v) is 5.29. The molecule has 0 radical (unpaired) electrons. The Morgan fingerprint density at radius 3 is 2.56 bits per heavy atom. The Hall–Kier alpha value is -1.95. The number of anilines is 2. The van der Waals surface area contributed by atoms with Crippen LogP contribution in [0.15, 0.2) is 9.59 Å². The van der Waals surface area contributed by atoms with Gasteiger partial charge >= 0.3 is 13.1 Å². The maximum absolute atomic E-state index is 12.2. The highest BCUT2D eigenvalue weighted by Crippen LogP contribution is 2.35. The van der Waals surface area contributed by atoms with Gasteiger partial charge in [-0.3, -0.25) is 14.4 Å². The summed E-state index contributed by atoms with van der Waals surface area (Å²) < 4.78 is 0. The summed E-state index contributed by atoms with van der Waals surface area (Å²) in [4.78, 5) is 39.2. The molecule has 0 bridgehead atoms. The van der Waals surface area contributed by atoms with Gasteiger partial charge in [0.25, 0.3) is 10.9 Å². The lowest BCUT2D eigenvalue weighted by Crippen LogP contribution is -2.55. The molecule has 7 N–H and O–H groups in total. The Balaban J connectivity index is 2.23. The van der Waals surface area contributed by atoms with E-state index < -0.39 is 35.4 Å². The van der Waals surface area contributed by atoms with Crippen LogP contribution in [0.4, 0.5) is 11.4 Å². The number of carboxylic acids is 1. The van der Waals surface area contributed by atoms with Gasteiger partial charge in [-0.15, -0.1) is 0 Å². The van der Waals surface area contributed by atoms with Crippen LogP contribution < -0.4 is 32.1 Å². The molecule has 27 heavy (non-hydrogen) atoms. The van der Waals surface area contributed by atoms with E-state index in [-0.39, 0.29) is 30.8 Å². The molecule has 0 aromatic heterocycles. The van der Waals surface area contributed by atoms with Gasteiger partial charge in [0.05, 0.1) is 0 Å². The van der Waals surface area contributed by atoms with Crippen molar-refractivity contribution in [3.63, 3.8) is 0 Å². The first-order valence-corrected chi connectivity index (χ1v) is 9.01. The molecule has 1 aliphatic heterocycles. The molecule has 2 atom stereocenters. The van der Waals surface area contributed by atoms with Crippen LogP contribution in [-0.4, -0.2) is 67.0 Å². The summed E-state index contributed by atoms with van der Waals surface area (Å²) in [6, 6.07) is 0. The average Bonchev–Trinajstić information content (AvgIpc) is 2.93. The molecule has 1 saturated heterocycles. The highest BCUT2D eigenvalue weighted by molar-refractivity contribution is 6.40. The van der Waals surface area contributed by atoms with Gasteiger partial charge in [0.2, 0.25) is 0 Å². The Morgan fingerprint density at radius 1 is 1.33 bits per heavy atom. The second-order valence-corrected chi connectivity index (χ2v) is 7.25. The SMILES string of the molecule is CN(CCCN)c1c(N2C[C@H](CCCB(O)O)[C@](N)(C(=O)O)C2)c(=O)c1=O. The zero-order chi connectivity index (χ0) is 20.4. The average molecular weight is 382 g/mol. The molecular formula is C16H27BN4O6. The second kappa shape index (κ2) is 8.38. The number of hydrogen-bond acceptors (Lipinski definition) is 9. The highest BCUT2D eigenvalue weighted by atomic mass is 16.4. The van der Waals surface area contributed by atoms with Gasteiger partial charge in [0, 0.05) is 32.6 Å². The van der Waals surface area contributed by atoms with Gasteiger partial charge in [-0.25, -0.2) is 0 Å². The number of nitrogens with zero attached hydrogens (tertiary/aromatic N) is 2. The molecule has 0 amide bonds. The van der Waals surface area contributed by atoms with E-state index >= 15 is 0 Å². The number of hydrogen-bond donors (Lipinski definition) is 5. The smallest absolute Gasteiger partial charge is 0.451 e. The molecule has 1 aromatic carbocycles. The van der Waals surface area contributed by atoms with E-state index in [1.807, 2.05) is 0 Å². The predicted octanol–water partition coefficient (Wildman–Crippen LogP) is -2.46. The molecule has 0 unspecified atom stereocenters. The summed E-state index contributed by atoms with van der Waals surface area (Å²) in [5.74, 6) is -1.67. The van der Waals surface area contributed by atoms with Crippen LogP contribution in [0, 0.1) is 5.92 Å². The van der Waals surface area contributed by atoms with Gasteiger partial charge in [0.15, 0.2) is 0 Å². The van der Waals surface area contributed by atoms with E-state index in [1.54, 1.807) is 16.8 Å². The van der Waals surface area contributed by atoms with Crippen LogP contribution in [0.1, 0.15) is 19.3 Å². The van der Waals surface area contributed by atoms with Gasteiger partial charge in [-0.05, 0) is 25.7 Å². The van der Waals surface area contributed by atoms with E-state index in [0.717, 1.165) is 0 Å². The standard InChI is InChI=1S/C16H27BN4O6/c1-20(7-3-6-18)11-12(14(23)13(11)22)21-8-10(4-2-5-17(26)27)16(19,9-21)15(24)25/h10,26-27H,2-9,18-19H2,1H3,(H,24,25)/t10-,16-/m0/s1. The molecule has 2 rings (SSSR count). The Bertz CT molecular complexity index is 750. The molecule has 1 fully saturated rings. The Labute approximate surface area is 157 Å². The molecule has 0 spiro atoms. The van der Waals surface area contributed by atoms with E-state index in [9.17, 15) is 19.5 Å². The minimum atomic E-state index is -1.58. The fourth-order valence-corrected chi connectivity index (χ4v) is 3.70. The summed E-state index contributed by atoms with van der Waals surface area (Å²) >= 11 is 0. The van der Waals surface area contributed by atoms with Crippen LogP contribution in [0.5, 0.6) is 0 Å². The van der Waals surface area contributed by atoms with Crippen molar-refractivity contribution in [2.75, 3.05) is 43.0 Å². The molecule has 0 aliphatic carbocycles. The summed E-state index contributed by atoms with van der Waals surface area (Å²) in [5, 5.41) is 27.6. The number of nitrogens with two attached hydrogens (primary N) is 2. The van der Waals surface area contributed by atoms with Crippen molar-refractivity contribution in [1.82, 2.24) is 0 Å². The van der Waals surface area contributed by atoms with E-state index in [2.05, 4.69) is 0 Å². The van der Waals surface area contributed by atoms with Gasteiger partial charge in [-0.1, -0.05) is 6.42 Å². The first-order valence-electron chi connectivity index (χ1n) is 9.01. The molecule has 0 saturated carbocycles. The van der Waals surface area contributed by atoms with E-state index in [0.29, 0.717) is 32.4 Å². The van der Waals surface area contributed by atoms with Crippen molar-refractivity contribution >= 4 is 24.5 Å². The van der Waals surface area contributed by atoms with Crippen molar-refractivity contribution < 1.29 is 19.9 Å². The monoisotopic (exact) mass is 382 g/mol. The van der Waals surface area contributed by atoms with Gasteiger partial charge < -0.3 is 36.4 Å². The fourth-order valence-electron chi connectivity index (χ4n) is 3.70. The lowest BCUT2D eigenvalue weighted by Gasteiger charge is -2.29. The Kier molecular flexibility index (Phi) is 6.63. The maximum Gasteiger partial charge on any atom is 0.451 e. The van der Waals surface area contributed by atoms with Crippen LogP contribution in [-0.2, 0) is 4.79 Å². The van der Waals surface area contributed by atoms with Crippen LogP contribution in [0.25, 0.3) is 0 Å². The van der Waals surface area contributed by atoms with E-state index in [1.165, 1.54) is 0 Å². The van der Waals surface area contributed by atoms with Gasteiger partial charge in [0.1, 0.15) is 16.9 Å². The Morgan fingerprint density at radius 2 is 2.00 bits per heavy atom. The molecule has 1 aromatic rings. The summed E-state index contributed by atoms with van der Waals surface area (Å²) in [7, 11) is 0.231. The predicted molar refractivity (Wildman–Crippen MR) is 103 cm³/mol. The summed E-state index contributed by atoms with van der Waals surface area (Å²) in [6.07, 6.45) is 1.51. The molecule has 1 heterocycles. The zero-order valence-electron chi connectivity index (χ0n) is 15.4. The van der Waals surface area contributed by atoms with E-state index in [4.69, 9.17) is 21.5 Å². The molecule has 11 heteroatoms. The van der Waals surface area contributed by atoms with Crippen LogP contribution in [0.3, 0.4) is 0 Å². The van der Waals surface area contributed by atoms with Crippen LogP contribution in [0.2, 0.25) is 6.32 Å². The van der Waals surface area contributed by atoms with Crippen molar-refractivity contribution in [1.29, 1.82) is 0 Å². The summed E-state index contributed by atoms with van der Waals surface area (Å²) in [6.45, 7) is 1.08. The van der Waals surface area contributed by atoms with Crippen LogP contribution >= 0.6 is 0 Å².